The van der Waals surface area contributed by atoms with E-state index in [1.807, 2.05) is 0 Å². The first-order valence-electron chi connectivity index (χ1n) is 7.86. The summed E-state index contributed by atoms with van der Waals surface area (Å²) in [4.78, 5) is 9.75. The maximum atomic E-state index is 14.0. The maximum Gasteiger partial charge on any atom is 0.270 e. The molecule has 0 aliphatic carbocycles. The molecule has 0 saturated carbocycles. The third-order valence-electron chi connectivity index (χ3n) is 3.76. The molecule has 1 aromatic carbocycles. The van der Waals surface area contributed by atoms with Crippen LogP contribution in [0.5, 0.6) is 11.5 Å². The number of aromatic hydroxyl groups is 1. The van der Waals surface area contributed by atoms with Gasteiger partial charge in [-0.2, -0.15) is 10.1 Å². The molecule has 2 heterocycles. The molecule has 0 amide bonds. The summed E-state index contributed by atoms with van der Waals surface area (Å²) in [6.07, 6.45) is 1.08. The molecular weight excluding hydrogens is 409 g/mol. The molecule has 1 aliphatic heterocycles. The number of aromatic nitrogens is 2. The summed E-state index contributed by atoms with van der Waals surface area (Å²) in [5.74, 6) is 0.0414. The van der Waals surface area contributed by atoms with E-state index >= 15 is 0 Å². The number of hydrogen-bond acceptors (Lipinski definition) is 8. The van der Waals surface area contributed by atoms with Crippen molar-refractivity contribution in [2.24, 2.45) is 10.2 Å². The van der Waals surface area contributed by atoms with Gasteiger partial charge < -0.3 is 19.5 Å². The van der Waals surface area contributed by atoms with E-state index in [9.17, 15) is 9.50 Å². The van der Waals surface area contributed by atoms with Crippen molar-refractivity contribution in [3.05, 3.63) is 34.2 Å². The highest BCUT2D eigenvalue weighted by molar-refractivity contribution is 9.10. The fourth-order valence-corrected chi connectivity index (χ4v) is 2.96. The standard InChI is InChI=1S/C16H17BrFN5O3/c1-25-13-7-11(17)6-10(14(13)24)8-20-22-16-19-9-12(18)15(21-16)23-2-4-26-5-3-23/h6-7,9,24H,2-5,8H2,1H3. The summed E-state index contributed by atoms with van der Waals surface area (Å²) < 4.78 is 25.1. The SMILES string of the molecule is COc1cc(Br)cc(CN=Nc2ncc(F)c(N3CCOCC3)n2)c1O. The van der Waals surface area contributed by atoms with Gasteiger partial charge in [0.1, 0.15) is 0 Å². The van der Waals surface area contributed by atoms with E-state index in [1.165, 1.54) is 7.11 Å². The fourth-order valence-electron chi connectivity index (χ4n) is 2.47. The number of ether oxygens (including phenoxy) is 2. The normalized spacial score (nSPS) is 14.8. The van der Waals surface area contributed by atoms with Crippen LogP contribution in [0.2, 0.25) is 0 Å². The van der Waals surface area contributed by atoms with E-state index in [1.54, 1.807) is 17.0 Å². The Balaban J connectivity index is 1.76. The number of anilines is 1. The van der Waals surface area contributed by atoms with Crippen molar-refractivity contribution in [3.8, 4) is 11.5 Å². The molecule has 1 fully saturated rings. The number of morpholine rings is 1. The number of rotatable bonds is 5. The van der Waals surface area contributed by atoms with Crippen molar-refractivity contribution in [2.45, 2.75) is 6.54 Å². The molecule has 138 valence electrons. The number of nitrogens with zero attached hydrogens (tertiary/aromatic N) is 5. The summed E-state index contributed by atoms with van der Waals surface area (Å²) >= 11 is 3.34. The largest absolute Gasteiger partial charge is 0.504 e. The molecule has 0 spiro atoms. The van der Waals surface area contributed by atoms with Gasteiger partial charge in [-0.05, 0) is 12.1 Å². The summed E-state index contributed by atoms with van der Waals surface area (Å²) in [7, 11) is 1.46. The Hall–Kier alpha value is -2.33. The Morgan fingerprint density at radius 1 is 1.38 bits per heavy atom. The third kappa shape index (κ3) is 4.25. The predicted molar refractivity (Wildman–Crippen MR) is 95.6 cm³/mol. The van der Waals surface area contributed by atoms with Gasteiger partial charge in [-0.15, -0.1) is 5.11 Å². The van der Waals surface area contributed by atoms with Crippen LogP contribution in [0.4, 0.5) is 16.2 Å². The smallest absolute Gasteiger partial charge is 0.270 e. The second-order valence-electron chi connectivity index (χ2n) is 5.46. The maximum absolute atomic E-state index is 14.0. The zero-order chi connectivity index (χ0) is 18.5. The van der Waals surface area contributed by atoms with Crippen LogP contribution in [0.15, 0.2) is 33.0 Å². The van der Waals surface area contributed by atoms with Crippen LogP contribution >= 0.6 is 15.9 Å². The van der Waals surface area contributed by atoms with Gasteiger partial charge in [0.2, 0.25) is 0 Å². The van der Waals surface area contributed by atoms with Gasteiger partial charge in [0, 0.05) is 23.1 Å². The van der Waals surface area contributed by atoms with Crippen LogP contribution in [0, 0.1) is 5.82 Å². The van der Waals surface area contributed by atoms with E-state index in [2.05, 4.69) is 36.1 Å². The second kappa shape index (κ2) is 8.37. The first-order valence-corrected chi connectivity index (χ1v) is 8.66. The summed E-state index contributed by atoms with van der Waals surface area (Å²) in [6, 6.07) is 3.36. The van der Waals surface area contributed by atoms with E-state index in [0.29, 0.717) is 37.6 Å². The number of hydrogen-bond donors (Lipinski definition) is 1. The van der Waals surface area contributed by atoms with Crippen LogP contribution in [0.25, 0.3) is 0 Å². The molecule has 0 unspecified atom stereocenters. The van der Waals surface area contributed by atoms with Crippen molar-refractivity contribution in [3.63, 3.8) is 0 Å². The highest BCUT2D eigenvalue weighted by atomic mass is 79.9. The number of methoxy groups -OCH3 is 1. The molecule has 2 aromatic rings. The van der Waals surface area contributed by atoms with Gasteiger partial charge in [0.15, 0.2) is 23.1 Å². The predicted octanol–water partition coefficient (Wildman–Crippen LogP) is 3.21. The molecular formula is C16H17BrFN5O3. The van der Waals surface area contributed by atoms with Crippen LogP contribution < -0.4 is 9.64 Å². The van der Waals surface area contributed by atoms with Crippen molar-refractivity contribution in [1.29, 1.82) is 0 Å². The summed E-state index contributed by atoms with van der Waals surface area (Å²) in [6.45, 7) is 2.23. The van der Waals surface area contributed by atoms with Gasteiger partial charge in [0.05, 0.1) is 33.1 Å². The summed E-state index contributed by atoms with van der Waals surface area (Å²) in [5.41, 5.74) is 0.524. The highest BCUT2D eigenvalue weighted by Gasteiger charge is 2.17. The lowest BCUT2D eigenvalue weighted by Gasteiger charge is -2.27. The molecule has 0 atom stereocenters. The molecule has 3 rings (SSSR count). The van der Waals surface area contributed by atoms with Crippen molar-refractivity contribution in [2.75, 3.05) is 38.3 Å². The minimum Gasteiger partial charge on any atom is -0.504 e. The van der Waals surface area contributed by atoms with Gasteiger partial charge in [0.25, 0.3) is 5.95 Å². The van der Waals surface area contributed by atoms with Crippen molar-refractivity contribution < 1.29 is 19.0 Å². The summed E-state index contributed by atoms with van der Waals surface area (Å²) in [5, 5.41) is 18.1. The van der Waals surface area contributed by atoms with Crippen LogP contribution in [0.1, 0.15) is 5.56 Å². The number of azo groups is 1. The van der Waals surface area contributed by atoms with Crippen LogP contribution in [-0.4, -0.2) is 48.5 Å². The molecule has 10 heteroatoms. The lowest BCUT2D eigenvalue weighted by Crippen LogP contribution is -2.37. The first kappa shape index (κ1) is 18.5. The molecule has 26 heavy (non-hydrogen) atoms. The zero-order valence-corrected chi connectivity index (χ0v) is 15.6. The average Bonchev–Trinajstić information content (AvgIpc) is 2.66. The minimum absolute atomic E-state index is 0.0105. The average molecular weight is 426 g/mol. The monoisotopic (exact) mass is 425 g/mol. The molecule has 1 N–H and O–H groups in total. The highest BCUT2D eigenvalue weighted by Crippen LogP contribution is 2.34. The Kier molecular flexibility index (Phi) is 5.94. The Bertz CT molecular complexity index is 815. The molecule has 0 radical (unpaired) electrons. The Morgan fingerprint density at radius 2 is 2.15 bits per heavy atom. The van der Waals surface area contributed by atoms with E-state index in [-0.39, 0.29) is 24.1 Å². The second-order valence-corrected chi connectivity index (χ2v) is 6.37. The van der Waals surface area contributed by atoms with E-state index in [4.69, 9.17) is 9.47 Å². The van der Waals surface area contributed by atoms with Gasteiger partial charge >= 0.3 is 0 Å². The van der Waals surface area contributed by atoms with Crippen molar-refractivity contribution in [1.82, 2.24) is 9.97 Å². The Morgan fingerprint density at radius 3 is 2.88 bits per heavy atom. The molecule has 1 aliphatic rings. The van der Waals surface area contributed by atoms with Gasteiger partial charge in [-0.25, -0.2) is 9.37 Å². The van der Waals surface area contributed by atoms with Crippen LogP contribution in [0.3, 0.4) is 0 Å². The van der Waals surface area contributed by atoms with Crippen molar-refractivity contribution >= 4 is 27.7 Å². The Labute approximate surface area is 157 Å². The number of phenols is 1. The quantitative estimate of drug-likeness (QED) is 0.739. The zero-order valence-electron chi connectivity index (χ0n) is 14.0. The third-order valence-corrected chi connectivity index (χ3v) is 4.22. The number of halogens is 2. The van der Waals surface area contributed by atoms with E-state index < -0.39 is 5.82 Å². The molecule has 0 bridgehead atoms. The fraction of sp³-hybridized carbons (Fsp3) is 0.375. The number of benzene rings is 1. The van der Waals surface area contributed by atoms with Gasteiger partial charge in [-0.3, -0.25) is 0 Å². The van der Waals surface area contributed by atoms with Gasteiger partial charge in [-0.1, -0.05) is 15.9 Å². The lowest BCUT2D eigenvalue weighted by atomic mass is 10.2. The molecule has 1 aromatic heterocycles. The molecule has 1 saturated heterocycles. The minimum atomic E-state index is -0.514. The lowest BCUT2D eigenvalue weighted by molar-refractivity contribution is 0.122. The first-order chi connectivity index (χ1) is 12.6. The van der Waals surface area contributed by atoms with E-state index in [0.717, 1.165) is 10.7 Å². The van der Waals surface area contributed by atoms with Crippen LogP contribution in [-0.2, 0) is 11.3 Å². The number of phenolic OH excluding ortho intramolecular Hbond substituents is 1. The molecule has 8 nitrogen and oxygen atoms in total. The topological polar surface area (TPSA) is 92.4 Å².